The minimum Gasteiger partial charge on any atom is -0.480 e. The first kappa shape index (κ1) is 12.5. The highest BCUT2D eigenvalue weighted by atomic mass is 16.4. The van der Waals surface area contributed by atoms with Crippen LogP contribution in [0.3, 0.4) is 0 Å². The van der Waals surface area contributed by atoms with Crippen LogP contribution in [0.15, 0.2) is 0 Å². The van der Waals surface area contributed by atoms with Crippen molar-refractivity contribution < 1.29 is 19.5 Å². The summed E-state index contributed by atoms with van der Waals surface area (Å²) in [7, 11) is 0. The minimum absolute atomic E-state index is 0.126. The second kappa shape index (κ2) is 5.48. The van der Waals surface area contributed by atoms with Crippen molar-refractivity contribution >= 4 is 17.8 Å². The van der Waals surface area contributed by atoms with Crippen LogP contribution in [0.4, 0.5) is 0 Å². The molecule has 1 fully saturated rings. The maximum atomic E-state index is 11.7. The molecule has 0 aliphatic carbocycles. The number of rotatable bonds is 3. The van der Waals surface area contributed by atoms with Gasteiger partial charge in [0, 0.05) is 13.5 Å². The normalized spacial score (nSPS) is 20.3. The van der Waals surface area contributed by atoms with Gasteiger partial charge in [-0.05, 0) is 19.3 Å². The summed E-state index contributed by atoms with van der Waals surface area (Å²) in [5, 5.41) is 11.3. The van der Waals surface area contributed by atoms with Gasteiger partial charge in [-0.3, -0.25) is 9.59 Å². The lowest BCUT2D eigenvalue weighted by atomic mass is 10.0. The third kappa shape index (κ3) is 3.22. The summed E-state index contributed by atoms with van der Waals surface area (Å²) < 4.78 is 0. The first-order valence-corrected chi connectivity index (χ1v) is 5.29. The zero-order valence-corrected chi connectivity index (χ0v) is 9.23. The number of carboxylic acid groups (broad SMARTS) is 1. The topological polar surface area (TPSA) is 86.7 Å². The van der Waals surface area contributed by atoms with Crippen LogP contribution in [-0.4, -0.2) is 46.9 Å². The molecule has 6 nitrogen and oxygen atoms in total. The summed E-state index contributed by atoms with van der Waals surface area (Å²) in [6, 6.07) is -0.741. The van der Waals surface area contributed by atoms with Gasteiger partial charge in [-0.15, -0.1) is 0 Å². The fourth-order valence-electron chi connectivity index (χ4n) is 1.79. The van der Waals surface area contributed by atoms with Crippen molar-refractivity contribution in [3.63, 3.8) is 0 Å². The van der Waals surface area contributed by atoms with Crippen molar-refractivity contribution in [2.75, 3.05) is 13.1 Å². The molecular formula is C10H16N2O4. The lowest BCUT2D eigenvalue weighted by Crippen LogP contribution is -2.51. The lowest BCUT2D eigenvalue weighted by molar-refractivity contribution is -0.151. The van der Waals surface area contributed by atoms with E-state index >= 15 is 0 Å². The summed E-state index contributed by atoms with van der Waals surface area (Å²) in [6.07, 6.45) is 2.12. The van der Waals surface area contributed by atoms with E-state index in [1.807, 2.05) is 0 Å². The minimum atomic E-state index is -0.976. The van der Waals surface area contributed by atoms with E-state index in [4.69, 9.17) is 5.11 Å². The van der Waals surface area contributed by atoms with Gasteiger partial charge in [0.25, 0.3) is 0 Å². The van der Waals surface area contributed by atoms with E-state index in [1.54, 1.807) is 0 Å². The molecule has 1 aliphatic rings. The molecule has 1 saturated heterocycles. The van der Waals surface area contributed by atoms with E-state index in [0.717, 1.165) is 12.8 Å². The standard InChI is InChI=1S/C10H16N2O4/c1-7(13)11-6-9(14)12-5-3-2-4-8(12)10(15)16/h8H,2-6H2,1H3,(H,11,13)(H,15,16). The number of hydrogen-bond acceptors (Lipinski definition) is 3. The zero-order valence-electron chi connectivity index (χ0n) is 9.23. The van der Waals surface area contributed by atoms with Crippen LogP contribution in [0.5, 0.6) is 0 Å². The molecule has 1 rings (SSSR count). The van der Waals surface area contributed by atoms with Gasteiger partial charge in [0.05, 0.1) is 6.54 Å². The van der Waals surface area contributed by atoms with E-state index in [9.17, 15) is 14.4 Å². The maximum Gasteiger partial charge on any atom is 0.326 e. The lowest BCUT2D eigenvalue weighted by Gasteiger charge is -2.32. The monoisotopic (exact) mass is 228 g/mol. The van der Waals surface area contributed by atoms with Crippen LogP contribution >= 0.6 is 0 Å². The highest BCUT2D eigenvalue weighted by molar-refractivity contribution is 5.87. The Labute approximate surface area is 93.6 Å². The Morgan fingerprint density at radius 3 is 2.62 bits per heavy atom. The second-order valence-electron chi connectivity index (χ2n) is 3.85. The Morgan fingerprint density at radius 2 is 2.06 bits per heavy atom. The molecule has 0 aromatic carbocycles. The van der Waals surface area contributed by atoms with Gasteiger partial charge in [0.1, 0.15) is 6.04 Å². The number of likely N-dealkylation sites (tertiary alicyclic amines) is 1. The molecule has 0 spiro atoms. The Hall–Kier alpha value is -1.59. The summed E-state index contributed by atoms with van der Waals surface area (Å²) >= 11 is 0. The van der Waals surface area contributed by atoms with Gasteiger partial charge in [-0.25, -0.2) is 4.79 Å². The number of carboxylic acids is 1. The van der Waals surface area contributed by atoms with Crippen LogP contribution in [0.2, 0.25) is 0 Å². The van der Waals surface area contributed by atoms with Crippen LogP contribution in [0, 0.1) is 0 Å². The van der Waals surface area contributed by atoms with Crippen molar-refractivity contribution in [1.82, 2.24) is 10.2 Å². The number of piperidine rings is 1. The van der Waals surface area contributed by atoms with E-state index in [-0.39, 0.29) is 18.4 Å². The maximum absolute atomic E-state index is 11.7. The molecule has 90 valence electrons. The van der Waals surface area contributed by atoms with Crippen molar-refractivity contribution in [3.8, 4) is 0 Å². The Balaban J connectivity index is 2.57. The Morgan fingerprint density at radius 1 is 1.38 bits per heavy atom. The molecule has 2 N–H and O–H groups in total. The average molecular weight is 228 g/mol. The molecule has 6 heteroatoms. The van der Waals surface area contributed by atoms with Crippen LogP contribution < -0.4 is 5.32 Å². The van der Waals surface area contributed by atoms with E-state index < -0.39 is 12.0 Å². The number of nitrogens with one attached hydrogen (secondary N) is 1. The second-order valence-corrected chi connectivity index (χ2v) is 3.85. The molecular weight excluding hydrogens is 212 g/mol. The molecule has 0 radical (unpaired) electrons. The summed E-state index contributed by atoms with van der Waals surface area (Å²) in [5.74, 6) is -1.60. The molecule has 0 aromatic rings. The largest absolute Gasteiger partial charge is 0.480 e. The molecule has 16 heavy (non-hydrogen) atoms. The number of carbonyl (C=O) groups is 3. The Kier molecular flexibility index (Phi) is 4.28. The molecule has 1 atom stereocenters. The van der Waals surface area contributed by atoms with Crippen LogP contribution in [-0.2, 0) is 14.4 Å². The number of amides is 2. The van der Waals surface area contributed by atoms with Gasteiger partial charge in [0.15, 0.2) is 0 Å². The van der Waals surface area contributed by atoms with Gasteiger partial charge < -0.3 is 15.3 Å². The molecule has 2 amide bonds. The fraction of sp³-hybridized carbons (Fsp3) is 0.700. The third-order valence-electron chi connectivity index (χ3n) is 2.60. The van der Waals surface area contributed by atoms with Crippen molar-refractivity contribution in [3.05, 3.63) is 0 Å². The first-order valence-electron chi connectivity index (χ1n) is 5.29. The van der Waals surface area contributed by atoms with Crippen LogP contribution in [0.1, 0.15) is 26.2 Å². The number of aliphatic carboxylic acids is 1. The highest BCUT2D eigenvalue weighted by Crippen LogP contribution is 2.16. The SMILES string of the molecule is CC(=O)NCC(=O)N1CCCCC1C(=O)O. The number of nitrogens with zero attached hydrogens (tertiary/aromatic N) is 1. The molecule has 0 bridgehead atoms. The van der Waals surface area contributed by atoms with Gasteiger partial charge >= 0.3 is 5.97 Å². The molecule has 1 aliphatic heterocycles. The predicted molar refractivity (Wildman–Crippen MR) is 55.7 cm³/mol. The van der Waals surface area contributed by atoms with E-state index in [0.29, 0.717) is 13.0 Å². The first-order chi connectivity index (χ1) is 7.52. The van der Waals surface area contributed by atoms with Crippen LogP contribution in [0.25, 0.3) is 0 Å². The molecule has 0 saturated carbocycles. The van der Waals surface area contributed by atoms with Crippen molar-refractivity contribution in [2.45, 2.75) is 32.2 Å². The van der Waals surface area contributed by atoms with Gasteiger partial charge in [-0.2, -0.15) is 0 Å². The summed E-state index contributed by atoms with van der Waals surface area (Å²) in [5.41, 5.74) is 0. The average Bonchev–Trinajstić information content (AvgIpc) is 2.25. The molecule has 1 unspecified atom stereocenters. The summed E-state index contributed by atoms with van der Waals surface area (Å²) in [6.45, 7) is 1.65. The smallest absolute Gasteiger partial charge is 0.326 e. The van der Waals surface area contributed by atoms with Crippen molar-refractivity contribution in [1.29, 1.82) is 0 Å². The molecule has 1 heterocycles. The number of hydrogen-bond donors (Lipinski definition) is 2. The van der Waals surface area contributed by atoms with Gasteiger partial charge in [-0.1, -0.05) is 0 Å². The van der Waals surface area contributed by atoms with Gasteiger partial charge in [0.2, 0.25) is 11.8 Å². The highest BCUT2D eigenvalue weighted by Gasteiger charge is 2.31. The quantitative estimate of drug-likeness (QED) is 0.687. The Bertz CT molecular complexity index is 303. The third-order valence-corrected chi connectivity index (χ3v) is 2.60. The predicted octanol–water partition coefficient (Wildman–Crippen LogP) is -0.412. The number of carbonyl (C=O) groups excluding carboxylic acids is 2. The van der Waals surface area contributed by atoms with E-state index in [2.05, 4.69) is 5.32 Å². The van der Waals surface area contributed by atoms with E-state index in [1.165, 1.54) is 11.8 Å². The zero-order chi connectivity index (χ0) is 12.1. The van der Waals surface area contributed by atoms with Crippen molar-refractivity contribution in [2.24, 2.45) is 0 Å². The fourth-order valence-corrected chi connectivity index (χ4v) is 1.79. The molecule has 0 aromatic heterocycles. The summed E-state index contributed by atoms with van der Waals surface area (Å²) in [4.78, 5) is 34.6.